The molecular formula is C15H34FN. The molecule has 0 aromatic heterocycles. The van der Waals surface area contributed by atoms with Crippen LogP contribution in [0.1, 0.15) is 61.8 Å². The first-order valence-electron chi connectivity index (χ1n) is 6.79. The molecule has 0 atom stereocenters. The Morgan fingerprint density at radius 1 is 1.00 bits per heavy atom. The van der Waals surface area contributed by atoms with Crippen molar-refractivity contribution in [2.75, 3.05) is 13.6 Å². The van der Waals surface area contributed by atoms with Crippen molar-refractivity contribution in [1.29, 1.82) is 0 Å². The SMILES string of the molecule is C/C=C(CNC)\C(F)=C/C.CC.CC.CCC. The molecule has 0 unspecified atom stereocenters. The molecule has 1 N–H and O–H groups in total. The highest BCUT2D eigenvalue weighted by molar-refractivity contribution is 5.25. The van der Waals surface area contributed by atoms with Gasteiger partial charge in [0.1, 0.15) is 5.83 Å². The van der Waals surface area contributed by atoms with E-state index in [4.69, 9.17) is 0 Å². The van der Waals surface area contributed by atoms with E-state index in [0.717, 1.165) is 0 Å². The number of nitrogens with one attached hydrogen (secondary N) is 1. The average Bonchev–Trinajstić information content (AvgIpc) is 2.40. The summed E-state index contributed by atoms with van der Waals surface area (Å²) < 4.78 is 12.7. The van der Waals surface area contributed by atoms with E-state index < -0.39 is 0 Å². The fraction of sp³-hybridized carbons (Fsp3) is 0.733. The quantitative estimate of drug-likeness (QED) is 0.650. The van der Waals surface area contributed by atoms with Gasteiger partial charge in [-0.15, -0.1) is 0 Å². The van der Waals surface area contributed by atoms with Gasteiger partial charge in [0.05, 0.1) is 0 Å². The van der Waals surface area contributed by atoms with E-state index >= 15 is 0 Å². The highest BCUT2D eigenvalue weighted by atomic mass is 19.1. The second-order valence-corrected chi connectivity index (χ2v) is 2.69. The number of halogens is 1. The van der Waals surface area contributed by atoms with Crippen molar-refractivity contribution in [1.82, 2.24) is 5.32 Å². The van der Waals surface area contributed by atoms with Gasteiger partial charge in [0, 0.05) is 6.54 Å². The minimum absolute atomic E-state index is 0.142. The summed E-state index contributed by atoms with van der Waals surface area (Å²) in [4.78, 5) is 0. The average molecular weight is 247 g/mol. The molecule has 106 valence electrons. The maximum absolute atomic E-state index is 12.7. The summed E-state index contributed by atoms with van der Waals surface area (Å²) in [6, 6.07) is 0. The largest absolute Gasteiger partial charge is 0.316 e. The highest BCUT2D eigenvalue weighted by Crippen LogP contribution is 2.08. The van der Waals surface area contributed by atoms with Crippen LogP contribution in [0.3, 0.4) is 0 Å². The summed E-state index contributed by atoms with van der Waals surface area (Å²) in [6.07, 6.45) is 4.48. The number of rotatable bonds is 3. The maximum atomic E-state index is 12.7. The zero-order chi connectivity index (χ0) is 14.7. The van der Waals surface area contributed by atoms with Crippen LogP contribution in [0.25, 0.3) is 0 Å². The molecule has 0 radical (unpaired) electrons. The summed E-state index contributed by atoms with van der Waals surface area (Å²) >= 11 is 0. The zero-order valence-electron chi connectivity index (χ0n) is 13.4. The highest BCUT2D eigenvalue weighted by Gasteiger charge is 1.98. The minimum Gasteiger partial charge on any atom is -0.316 e. The van der Waals surface area contributed by atoms with Crippen molar-refractivity contribution >= 4 is 0 Å². The third-order valence-electron chi connectivity index (χ3n) is 1.28. The number of hydrogen-bond acceptors (Lipinski definition) is 1. The van der Waals surface area contributed by atoms with Crippen molar-refractivity contribution in [3.63, 3.8) is 0 Å². The van der Waals surface area contributed by atoms with E-state index in [1.165, 1.54) is 12.5 Å². The molecule has 0 amide bonds. The van der Waals surface area contributed by atoms with Crippen molar-refractivity contribution < 1.29 is 4.39 Å². The molecule has 0 aromatic rings. The first-order valence-corrected chi connectivity index (χ1v) is 6.79. The molecule has 0 saturated carbocycles. The second-order valence-electron chi connectivity index (χ2n) is 2.69. The number of hydrogen-bond donors (Lipinski definition) is 1. The molecule has 0 fully saturated rings. The predicted octanol–water partition coefficient (Wildman–Crippen LogP) is 5.49. The van der Waals surface area contributed by atoms with Gasteiger partial charge >= 0.3 is 0 Å². The van der Waals surface area contributed by atoms with Crippen LogP contribution in [0.2, 0.25) is 0 Å². The molecule has 0 bridgehead atoms. The fourth-order valence-electron chi connectivity index (χ4n) is 0.700. The smallest absolute Gasteiger partial charge is 0.123 e. The van der Waals surface area contributed by atoms with Gasteiger partial charge in [0.2, 0.25) is 0 Å². The van der Waals surface area contributed by atoms with Crippen LogP contribution in [0.15, 0.2) is 23.6 Å². The molecular weight excluding hydrogens is 213 g/mol. The lowest BCUT2D eigenvalue weighted by molar-refractivity contribution is 0.636. The lowest BCUT2D eigenvalue weighted by Crippen LogP contribution is -2.10. The molecule has 0 aliphatic heterocycles. The van der Waals surface area contributed by atoms with E-state index in [2.05, 4.69) is 19.2 Å². The molecule has 0 spiro atoms. The predicted molar refractivity (Wildman–Crippen MR) is 81.2 cm³/mol. The van der Waals surface area contributed by atoms with E-state index in [1.807, 2.05) is 34.6 Å². The van der Waals surface area contributed by atoms with Gasteiger partial charge in [0.15, 0.2) is 0 Å². The standard InChI is InChI=1S/C8H14FN.C3H8.2C2H6/c1-4-7(6-10-3)8(9)5-2;1-3-2;2*1-2/h4-5,10H,6H2,1-3H3;3H2,1-2H3;2*1-2H3/b7-4-,8-5+;;;. The monoisotopic (exact) mass is 247 g/mol. The Bertz CT molecular complexity index is 160. The zero-order valence-corrected chi connectivity index (χ0v) is 13.4. The molecule has 2 heteroatoms. The third kappa shape index (κ3) is 25.5. The minimum atomic E-state index is -0.142. The second kappa shape index (κ2) is 29.5. The van der Waals surface area contributed by atoms with Crippen molar-refractivity contribution in [3.8, 4) is 0 Å². The first-order chi connectivity index (χ1) is 8.17. The summed E-state index contributed by atoms with van der Waals surface area (Å²) in [5.41, 5.74) is 0.713. The van der Waals surface area contributed by atoms with E-state index in [9.17, 15) is 4.39 Å². The van der Waals surface area contributed by atoms with Crippen LogP contribution in [0, 0.1) is 0 Å². The lowest BCUT2D eigenvalue weighted by atomic mass is 10.2. The molecule has 0 aromatic carbocycles. The Kier molecular flexibility index (Phi) is 43.9. The van der Waals surface area contributed by atoms with Crippen LogP contribution in [-0.4, -0.2) is 13.6 Å². The fourth-order valence-corrected chi connectivity index (χ4v) is 0.700. The Hall–Kier alpha value is -0.630. The molecule has 0 aliphatic rings. The Balaban J connectivity index is -0.000000102. The van der Waals surface area contributed by atoms with Crippen LogP contribution in [0.4, 0.5) is 4.39 Å². The molecule has 0 aliphatic carbocycles. The van der Waals surface area contributed by atoms with Gasteiger partial charge in [0.25, 0.3) is 0 Å². The number of allylic oxidation sites excluding steroid dienone is 2. The number of likely N-dealkylation sites (N-methyl/N-ethyl adjacent to an activating group) is 1. The summed E-state index contributed by atoms with van der Waals surface area (Å²) in [6.45, 7) is 16.4. The Morgan fingerprint density at radius 3 is 1.53 bits per heavy atom. The van der Waals surface area contributed by atoms with Crippen molar-refractivity contribution in [3.05, 3.63) is 23.6 Å². The first kappa shape index (κ1) is 25.3. The maximum Gasteiger partial charge on any atom is 0.123 e. The van der Waals surface area contributed by atoms with Gasteiger partial charge < -0.3 is 5.32 Å². The normalized spacial score (nSPS) is 10.0. The molecule has 0 heterocycles. The Labute approximate surface area is 109 Å². The van der Waals surface area contributed by atoms with E-state index in [0.29, 0.717) is 12.1 Å². The van der Waals surface area contributed by atoms with Crippen LogP contribution in [0.5, 0.6) is 0 Å². The Morgan fingerprint density at radius 2 is 1.35 bits per heavy atom. The van der Waals surface area contributed by atoms with Crippen molar-refractivity contribution in [2.24, 2.45) is 0 Å². The van der Waals surface area contributed by atoms with Gasteiger partial charge in [-0.25, -0.2) is 4.39 Å². The van der Waals surface area contributed by atoms with Crippen LogP contribution in [-0.2, 0) is 0 Å². The van der Waals surface area contributed by atoms with E-state index in [-0.39, 0.29) is 5.83 Å². The lowest BCUT2D eigenvalue weighted by Gasteiger charge is -2.01. The summed E-state index contributed by atoms with van der Waals surface area (Å²) in [7, 11) is 1.80. The molecule has 17 heavy (non-hydrogen) atoms. The van der Waals surface area contributed by atoms with E-state index in [1.54, 1.807) is 20.0 Å². The molecule has 0 rings (SSSR count). The van der Waals surface area contributed by atoms with Gasteiger partial charge in [-0.3, -0.25) is 0 Å². The van der Waals surface area contributed by atoms with Crippen LogP contribution < -0.4 is 5.32 Å². The van der Waals surface area contributed by atoms with Gasteiger partial charge in [-0.2, -0.15) is 0 Å². The van der Waals surface area contributed by atoms with Crippen molar-refractivity contribution in [2.45, 2.75) is 61.8 Å². The summed E-state index contributed by atoms with van der Waals surface area (Å²) in [5, 5.41) is 2.88. The van der Waals surface area contributed by atoms with Gasteiger partial charge in [-0.1, -0.05) is 60.1 Å². The third-order valence-corrected chi connectivity index (χ3v) is 1.28. The van der Waals surface area contributed by atoms with Gasteiger partial charge in [-0.05, 0) is 26.5 Å². The topological polar surface area (TPSA) is 12.0 Å². The molecule has 0 saturated heterocycles. The van der Waals surface area contributed by atoms with Crippen LogP contribution >= 0.6 is 0 Å². The molecule has 1 nitrogen and oxygen atoms in total. The summed E-state index contributed by atoms with van der Waals surface area (Å²) in [5.74, 6) is -0.142.